The monoisotopic (exact) mass is 226 g/mol. The van der Waals surface area contributed by atoms with E-state index in [0.29, 0.717) is 12.2 Å². The van der Waals surface area contributed by atoms with Gasteiger partial charge in [0.05, 0.1) is 6.61 Å². The van der Waals surface area contributed by atoms with E-state index >= 15 is 0 Å². The first-order valence-corrected chi connectivity index (χ1v) is 5.57. The topological polar surface area (TPSA) is 75.3 Å². The highest BCUT2D eigenvalue weighted by Crippen LogP contribution is 2.19. The number of hydrazine groups is 1. The van der Waals surface area contributed by atoms with E-state index in [0.717, 1.165) is 10.5 Å². The Morgan fingerprint density at radius 3 is 2.60 bits per heavy atom. The first kappa shape index (κ1) is 12.0. The average molecular weight is 226 g/mol. The molecule has 4 nitrogen and oxygen atoms in total. The summed E-state index contributed by atoms with van der Waals surface area (Å²) in [7, 11) is 0. The van der Waals surface area contributed by atoms with Crippen molar-refractivity contribution in [3.05, 3.63) is 29.8 Å². The van der Waals surface area contributed by atoms with Gasteiger partial charge in [0.15, 0.2) is 0 Å². The highest BCUT2D eigenvalue weighted by Gasteiger charge is 1.99. The predicted octanol–water partition coefficient (Wildman–Crippen LogP) is 0.651. The molecule has 82 valence electrons. The van der Waals surface area contributed by atoms with Gasteiger partial charge in [-0.25, -0.2) is 5.84 Å². The molecule has 0 fully saturated rings. The van der Waals surface area contributed by atoms with Gasteiger partial charge in [0, 0.05) is 17.1 Å². The van der Waals surface area contributed by atoms with Gasteiger partial charge in [-0.2, -0.15) is 0 Å². The van der Waals surface area contributed by atoms with E-state index in [1.165, 1.54) is 0 Å². The van der Waals surface area contributed by atoms with Crippen LogP contribution < -0.4 is 11.3 Å². The van der Waals surface area contributed by atoms with E-state index in [-0.39, 0.29) is 12.5 Å². The summed E-state index contributed by atoms with van der Waals surface area (Å²) in [5.74, 6) is 5.49. The number of rotatable bonds is 5. The Hall–Kier alpha value is -1.04. The van der Waals surface area contributed by atoms with Crippen molar-refractivity contribution >= 4 is 17.7 Å². The number of thioether (sulfide) groups is 1. The molecule has 0 heterocycles. The molecule has 1 amide bonds. The van der Waals surface area contributed by atoms with E-state index in [2.05, 4.69) is 5.43 Å². The minimum atomic E-state index is -0.158. The van der Waals surface area contributed by atoms with Crippen LogP contribution >= 0.6 is 11.8 Å². The number of nitrogens with one attached hydrogen (secondary N) is 1. The Bertz CT molecular complexity index is 314. The Morgan fingerprint density at radius 2 is 2.07 bits per heavy atom. The molecule has 0 unspecified atom stereocenters. The molecule has 1 aromatic rings. The first-order valence-electron chi connectivity index (χ1n) is 4.58. The van der Waals surface area contributed by atoms with Crippen molar-refractivity contribution in [1.29, 1.82) is 0 Å². The van der Waals surface area contributed by atoms with Crippen molar-refractivity contribution in [3.8, 4) is 0 Å². The van der Waals surface area contributed by atoms with Crippen LogP contribution in [0.3, 0.4) is 0 Å². The lowest BCUT2D eigenvalue weighted by Gasteiger charge is -2.02. The SMILES string of the molecule is NNC(=O)CCSc1ccc(CO)cc1. The molecule has 0 aromatic heterocycles. The molecule has 0 aliphatic carbocycles. The molecule has 15 heavy (non-hydrogen) atoms. The second kappa shape index (κ2) is 6.44. The summed E-state index contributed by atoms with van der Waals surface area (Å²) in [5.41, 5.74) is 2.97. The van der Waals surface area contributed by atoms with Crippen LogP contribution in [-0.2, 0) is 11.4 Å². The molecule has 0 spiro atoms. The maximum Gasteiger partial charge on any atom is 0.234 e. The lowest BCUT2D eigenvalue weighted by molar-refractivity contribution is -0.120. The highest BCUT2D eigenvalue weighted by molar-refractivity contribution is 7.99. The van der Waals surface area contributed by atoms with E-state index in [4.69, 9.17) is 10.9 Å². The molecule has 1 aromatic carbocycles. The maximum absolute atomic E-state index is 10.8. The molecule has 5 heteroatoms. The van der Waals surface area contributed by atoms with Gasteiger partial charge in [0.1, 0.15) is 0 Å². The average Bonchev–Trinajstić information content (AvgIpc) is 2.29. The lowest BCUT2D eigenvalue weighted by Crippen LogP contribution is -2.30. The predicted molar refractivity (Wildman–Crippen MR) is 60.0 cm³/mol. The summed E-state index contributed by atoms with van der Waals surface area (Å²) in [6.45, 7) is 0.0561. The van der Waals surface area contributed by atoms with Gasteiger partial charge in [-0.05, 0) is 17.7 Å². The van der Waals surface area contributed by atoms with Crippen LogP contribution in [0, 0.1) is 0 Å². The third-order valence-corrected chi connectivity index (χ3v) is 2.88. The molecule has 0 saturated carbocycles. The summed E-state index contributed by atoms with van der Waals surface area (Å²) in [5, 5.41) is 8.84. The Morgan fingerprint density at radius 1 is 1.40 bits per heavy atom. The first-order chi connectivity index (χ1) is 7.26. The van der Waals surface area contributed by atoms with Crippen LogP contribution in [0.25, 0.3) is 0 Å². The van der Waals surface area contributed by atoms with E-state index in [1.54, 1.807) is 11.8 Å². The van der Waals surface area contributed by atoms with Gasteiger partial charge >= 0.3 is 0 Å². The van der Waals surface area contributed by atoms with Crippen LogP contribution in [-0.4, -0.2) is 16.8 Å². The smallest absolute Gasteiger partial charge is 0.234 e. The quantitative estimate of drug-likeness (QED) is 0.298. The minimum absolute atomic E-state index is 0.0561. The fourth-order valence-corrected chi connectivity index (χ4v) is 1.88. The van der Waals surface area contributed by atoms with Gasteiger partial charge in [-0.3, -0.25) is 10.2 Å². The molecule has 0 radical (unpaired) electrons. The van der Waals surface area contributed by atoms with Gasteiger partial charge < -0.3 is 5.11 Å². The van der Waals surface area contributed by atoms with Crippen LogP contribution in [0.1, 0.15) is 12.0 Å². The highest BCUT2D eigenvalue weighted by atomic mass is 32.2. The fourth-order valence-electron chi connectivity index (χ4n) is 1.02. The number of aliphatic hydroxyl groups excluding tert-OH is 1. The number of hydrogen-bond acceptors (Lipinski definition) is 4. The summed E-state index contributed by atoms with van der Waals surface area (Å²) in [4.78, 5) is 11.9. The number of amides is 1. The zero-order chi connectivity index (χ0) is 11.1. The van der Waals surface area contributed by atoms with Gasteiger partial charge in [-0.15, -0.1) is 11.8 Å². The van der Waals surface area contributed by atoms with Gasteiger partial charge in [0.25, 0.3) is 0 Å². The number of carbonyl (C=O) groups excluding carboxylic acids is 1. The molecule has 0 bridgehead atoms. The molecule has 0 atom stereocenters. The Balaban J connectivity index is 2.34. The molecule has 0 saturated heterocycles. The van der Waals surface area contributed by atoms with Crippen molar-refractivity contribution in [2.24, 2.45) is 5.84 Å². The zero-order valence-corrected chi connectivity index (χ0v) is 9.09. The van der Waals surface area contributed by atoms with Crippen molar-refractivity contribution in [2.75, 3.05) is 5.75 Å². The summed E-state index contributed by atoms with van der Waals surface area (Å²) in [6.07, 6.45) is 0.406. The van der Waals surface area contributed by atoms with Crippen molar-refractivity contribution in [3.63, 3.8) is 0 Å². The van der Waals surface area contributed by atoms with Gasteiger partial charge in [0.2, 0.25) is 5.91 Å². The summed E-state index contributed by atoms with van der Waals surface area (Å²) in [6, 6.07) is 7.59. The minimum Gasteiger partial charge on any atom is -0.392 e. The van der Waals surface area contributed by atoms with E-state index in [9.17, 15) is 4.79 Å². The van der Waals surface area contributed by atoms with Crippen molar-refractivity contribution in [2.45, 2.75) is 17.9 Å². The number of aliphatic hydroxyl groups is 1. The lowest BCUT2D eigenvalue weighted by atomic mass is 10.2. The zero-order valence-electron chi connectivity index (χ0n) is 8.27. The van der Waals surface area contributed by atoms with Crippen LogP contribution in [0.2, 0.25) is 0 Å². The molecular weight excluding hydrogens is 212 g/mol. The number of carbonyl (C=O) groups is 1. The third-order valence-electron chi connectivity index (χ3n) is 1.86. The van der Waals surface area contributed by atoms with Crippen molar-refractivity contribution < 1.29 is 9.90 Å². The molecule has 4 N–H and O–H groups in total. The number of hydrogen-bond donors (Lipinski definition) is 3. The van der Waals surface area contributed by atoms with Crippen molar-refractivity contribution in [1.82, 2.24) is 5.43 Å². The summed E-state index contributed by atoms with van der Waals surface area (Å²) >= 11 is 1.59. The van der Waals surface area contributed by atoms with Crippen LogP contribution in [0.4, 0.5) is 0 Å². The maximum atomic E-state index is 10.8. The van der Waals surface area contributed by atoms with Gasteiger partial charge in [-0.1, -0.05) is 12.1 Å². The largest absolute Gasteiger partial charge is 0.392 e. The van der Waals surface area contributed by atoms with Crippen LogP contribution in [0.5, 0.6) is 0 Å². The molecule has 1 rings (SSSR count). The standard InChI is InChI=1S/C10H14N2O2S/c11-12-10(14)5-6-15-9-3-1-8(7-13)2-4-9/h1-4,13H,5-7,11H2,(H,12,14). The second-order valence-corrected chi connectivity index (χ2v) is 4.14. The normalized spacial score (nSPS) is 10.0. The number of nitrogens with two attached hydrogens (primary N) is 1. The fraction of sp³-hybridized carbons (Fsp3) is 0.300. The molecular formula is C10H14N2O2S. The third kappa shape index (κ3) is 4.33. The molecule has 0 aliphatic rings. The second-order valence-electron chi connectivity index (χ2n) is 2.97. The number of benzene rings is 1. The summed E-state index contributed by atoms with van der Waals surface area (Å²) < 4.78 is 0. The van der Waals surface area contributed by atoms with E-state index in [1.807, 2.05) is 24.3 Å². The Kier molecular flexibility index (Phi) is 5.17. The Labute approximate surface area is 92.8 Å². The van der Waals surface area contributed by atoms with Crippen LogP contribution in [0.15, 0.2) is 29.2 Å². The molecule has 0 aliphatic heterocycles. The van der Waals surface area contributed by atoms with E-state index < -0.39 is 0 Å².